The van der Waals surface area contributed by atoms with Crippen molar-refractivity contribution in [1.29, 1.82) is 0 Å². The van der Waals surface area contributed by atoms with E-state index in [9.17, 15) is 4.79 Å². The van der Waals surface area contributed by atoms with Crippen LogP contribution in [0.2, 0.25) is 0 Å². The molecule has 0 N–H and O–H groups in total. The molecule has 1 spiro atoms. The maximum atomic E-state index is 13.5. The molecular formula is C21H27N3O2. The van der Waals surface area contributed by atoms with E-state index in [0.717, 1.165) is 62.3 Å². The third-order valence-corrected chi connectivity index (χ3v) is 5.90. The van der Waals surface area contributed by atoms with Crippen LogP contribution in [0.15, 0.2) is 34.9 Å². The second kappa shape index (κ2) is 6.88. The van der Waals surface area contributed by atoms with Crippen molar-refractivity contribution in [2.75, 3.05) is 18.0 Å². The number of carbonyl (C=O) groups excluding carboxylic acids is 1. The van der Waals surface area contributed by atoms with Crippen LogP contribution in [-0.2, 0) is 17.8 Å². The van der Waals surface area contributed by atoms with Gasteiger partial charge in [-0.1, -0.05) is 29.8 Å². The number of anilines is 1. The van der Waals surface area contributed by atoms with Crippen molar-refractivity contribution in [2.45, 2.75) is 58.0 Å². The average Bonchev–Trinajstić information content (AvgIpc) is 3.27. The fraction of sp³-hybridized carbons (Fsp3) is 0.524. The molecule has 0 bridgehead atoms. The van der Waals surface area contributed by atoms with Crippen LogP contribution in [0.25, 0.3) is 0 Å². The van der Waals surface area contributed by atoms with Crippen molar-refractivity contribution < 1.29 is 9.32 Å². The molecule has 0 aliphatic carbocycles. The molecular weight excluding hydrogens is 326 g/mol. The van der Waals surface area contributed by atoms with Crippen molar-refractivity contribution in [2.24, 2.45) is 0 Å². The number of rotatable bonds is 4. The van der Waals surface area contributed by atoms with Crippen LogP contribution in [0.5, 0.6) is 0 Å². The molecule has 5 nitrogen and oxygen atoms in total. The Morgan fingerprint density at radius 2 is 1.88 bits per heavy atom. The molecule has 2 saturated heterocycles. The molecule has 1 atom stereocenters. The van der Waals surface area contributed by atoms with Gasteiger partial charge in [0.25, 0.3) is 0 Å². The summed E-state index contributed by atoms with van der Waals surface area (Å²) in [4.78, 5) is 17.8. The summed E-state index contributed by atoms with van der Waals surface area (Å²) in [5, 5.41) is 4.10. The predicted octanol–water partition coefficient (Wildman–Crippen LogP) is 3.71. The minimum absolute atomic E-state index is 0.250. The van der Waals surface area contributed by atoms with E-state index < -0.39 is 0 Å². The minimum Gasteiger partial charge on any atom is -0.360 e. The van der Waals surface area contributed by atoms with E-state index in [1.807, 2.05) is 11.0 Å². The molecule has 2 fully saturated rings. The summed E-state index contributed by atoms with van der Waals surface area (Å²) in [6, 6.07) is 10.3. The molecule has 1 amide bonds. The van der Waals surface area contributed by atoms with Crippen molar-refractivity contribution in [3.63, 3.8) is 0 Å². The zero-order valence-corrected chi connectivity index (χ0v) is 15.7. The van der Waals surface area contributed by atoms with Crippen LogP contribution >= 0.6 is 0 Å². The lowest BCUT2D eigenvalue weighted by Gasteiger charge is -2.44. The molecule has 2 aliphatic heterocycles. The SMILES string of the molecule is CCc1cc(CN2CCCC23CCCN(c2ccc(C)cc2)C3=O)on1. The molecule has 2 aliphatic rings. The normalized spacial score (nSPS) is 23.9. The highest BCUT2D eigenvalue weighted by atomic mass is 16.5. The van der Waals surface area contributed by atoms with Crippen molar-refractivity contribution in [1.82, 2.24) is 10.1 Å². The zero-order valence-electron chi connectivity index (χ0n) is 15.7. The summed E-state index contributed by atoms with van der Waals surface area (Å²) in [6.07, 6.45) is 4.83. The van der Waals surface area contributed by atoms with E-state index in [0.29, 0.717) is 6.54 Å². The molecule has 1 aromatic carbocycles. The predicted molar refractivity (Wildman–Crippen MR) is 101 cm³/mol. The third kappa shape index (κ3) is 2.94. The van der Waals surface area contributed by atoms with Gasteiger partial charge in [0.15, 0.2) is 5.76 Å². The van der Waals surface area contributed by atoms with Crippen molar-refractivity contribution >= 4 is 11.6 Å². The lowest BCUT2D eigenvalue weighted by Crippen LogP contribution is -2.59. The van der Waals surface area contributed by atoms with Crippen LogP contribution in [0.4, 0.5) is 5.69 Å². The number of nitrogens with zero attached hydrogens (tertiary/aromatic N) is 3. The maximum absolute atomic E-state index is 13.5. The Hall–Kier alpha value is -2.14. The number of hydrogen-bond acceptors (Lipinski definition) is 4. The summed E-state index contributed by atoms with van der Waals surface area (Å²) in [5.74, 6) is 1.11. The standard InChI is InChI=1S/C21H27N3O2/c1-3-17-14-19(26-22-17)15-23-12-4-10-21(23)11-5-13-24(20(21)25)18-8-6-16(2)7-9-18/h6-9,14H,3-5,10-13,15H2,1-2H3. The Morgan fingerprint density at radius 1 is 1.15 bits per heavy atom. The zero-order chi connectivity index (χ0) is 18.1. The van der Waals surface area contributed by atoms with Gasteiger partial charge in [-0.05, 0) is 57.7 Å². The Kier molecular flexibility index (Phi) is 4.57. The fourth-order valence-corrected chi connectivity index (χ4v) is 4.44. The van der Waals surface area contributed by atoms with Gasteiger partial charge in [0.2, 0.25) is 5.91 Å². The largest absolute Gasteiger partial charge is 0.360 e. The highest BCUT2D eigenvalue weighted by Crippen LogP contribution is 2.40. The quantitative estimate of drug-likeness (QED) is 0.841. The molecule has 1 aromatic heterocycles. The molecule has 5 heteroatoms. The first-order valence-electron chi connectivity index (χ1n) is 9.70. The maximum Gasteiger partial charge on any atom is 0.247 e. The summed E-state index contributed by atoms with van der Waals surface area (Å²) in [6.45, 7) is 6.56. The summed E-state index contributed by atoms with van der Waals surface area (Å²) < 4.78 is 5.49. The second-order valence-corrected chi connectivity index (χ2v) is 7.59. The number of likely N-dealkylation sites (tertiary alicyclic amines) is 1. The number of hydrogen-bond donors (Lipinski definition) is 0. The molecule has 4 rings (SSSR count). The molecule has 1 unspecified atom stereocenters. The molecule has 2 aromatic rings. The monoisotopic (exact) mass is 353 g/mol. The van der Waals surface area contributed by atoms with Crippen LogP contribution in [0.3, 0.4) is 0 Å². The summed E-state index contributed by atoms with van der Waals surface area (Å²) in [7, 11) is 0. The lowest BCUT2D eigenvalue weighted by atomic mass is 9.85. The molecule has 26 heavy (non-hydrogen) atoms. The van der Waals surface area contributed by atoms with Gasteiger partial charge >= 0.3 is 0 Å². The smallest absolute Gasteiger partial charge is 0.247 e. The number of piperidine rings is 1. The Balaban J connectivity index is 1.58. The summed E-state index contributed by atoms with van der Waals surface area (Å²) >= 11 is 0. The van der Waals surface area contributed by atoms with Gasteiger partial charge in [-0.2, -0.15) is 0 Å². The molecule has 0 radical (unpaired) electrons. The fourth-order valence-electron chi connectivity index (χ4n) is 4.44. The molecule has 3 heterocycles. The van der Waals surface area contributed by atoms with E-state index in [4.69, 9.17) is 4.52 Å². The topological polar surface area (TPSA) is 49.6 Å². The number of benzene rings is 1. The van der Waals surface area contributed by atoms with Gasteiger partial charge in [0.05, 0.1) is 12.2 Å². The van der Waals surface area contributed by atoms with E-state index in [2.05, 4.69) is 48.2 Å². The van der Waals surface area contributed by atoms with E-state index >= 15 is 0 Å². The first kappa shape index (κ1) is 17.3. The van der Waals surface area contributed by atoms with Crippen LogP contribution in [0.1, 0.15) is 49.6 Å². The Labute approximate surface area is 155 Å². The molecule has 138 valence electrons. The highest BCUT2D eigenvalue weighted by molar-refractivity contribution is 6.01. The number of aryl methyl sites for hydroxylation is 2. The van der Waals surface area contributed by atoms with Crippen molar-refractivity contribution in [3.05, 3.63) is 47.3 Å². The van der Waals surface area contributed by atoms with Crippen LogP contribution < -0.4 is 4.90 Å². The van der Waals surface area contributed by atoms with E-state index in [1.165, 1.54) is 5.56 Å². The van der Waals surface area contributed by atoms with Gasteiger partial charge < -0.3 is 9.42 Å². The first-order valence-corrected chi connectivity index (χ1v) is 9.70. The van der Waals surface area contributed by atoms with Crippen LogP contribution in [-0.4, -0.2) is 34.6 Å². The van der Waals surface area contributed by atoms with E-state index in [1.54, 1.807) is 0 Å². The first-order chi connectivity index (χ1) is 12.6. The molecule has 0 saturated carbocycles. The van der Waals surface area contributed by atoms with E-state index in [-0.39, 0.29) is 11.4 Å². The second-order valence-electron chi connectivity index (χ2n) is 7.59. The van der Waals surface area contributed by atoms with Gasteiger partial charge in [0, 0.05) is 18.3 Å². The lowest BCUT2D eigenvalue weighted by molar-refractivity contribution is -0.131. The Bertz CT molecular complexity index is 783. The third-order valence-electron chi connectivity index (χ3n) is 5.90. The number of carbonyl (C=O) groups is 1. The summed E-state index contributed by atoms with van der Waals surface area (Å²) in [5.41, 5.74) is 2.82. The van der Waals surface area contributed by atoms with Crippen molar-refractivity contribution in [3.8, 4) is 0 Å². The van der Waals surface area contributed by atoms with Crippen LogP contribution in [0, 0.1) is 6.92 Å². The highest BCUT2D eigenvalue weighted by Gasteiger charge is 2.51. The van der Waals surface area contributed by atoms with Gasteiger partial charge in [-0.15, -0.1) is 0 Å². The van der Waals surface area contributed by atoms with Gasteiger partial charge in [0.1, 0.15) is 5.54 Å². The number of amides is 1. The van der Waals surface area contributed by atoms with Gasteiger partial charge in [-0.25, -0.2) is 0 Å². The number of aromatic nitrogens is 1. The average molecular weight is 353 g/mol. The minimum atomic E-state index is -0.387. The van der Waals surface area contributed by atoms with Gasteiger partial charge in [-0.3, -0.25) is 9.69 Å². The Morgan fingerprint density at radius 3 is 2.58 bits per heavy atom.